The van der Waals surface area contributed by atoms with Crippen LogP contribution in [-0.4, -0.2) is 18.4 Å². The van der Waals surface area contributed by atoms with Crippen molar-refractivity contribution in [2.24, 2.45) is 5.14 Å². The quantitative estimate of drug-likeness (QED) is 0.347. The first-order chi connectivity index (χ1) is 13.6. The van der Waals surface area contributed by atoms with E-state index in [0.717, 1.165) is 4.47 Å². The molecule has 0 atom stereocenters. The van der Waals surface area contributed by atoms with Gasteiger partial charge >= 0.3 is 0 Å². The molecule has 4 N–H and O–H groups in total. The Morgan fingerprint density at radius 2 is 1.76 bits per heavy atom. The van der Waals surface area contributed by atoms with E-state index in [0.29, 0.717) is 27.5 Å². The standard InChI is InChI=1S/C18H11BrCl2N4O3S/c19-8-1-2-14-11(5-8)15-10(3-4-23-18(15)26)17(24-14)25-16-12(20)6-9(7-13(16)21)29(22,27)28/h1-7H,(H,23,26)(H,24,25)(H2,22,27,28). The average molecular weight is 514 g/mol. The number of nitrogens with zero attached hydrogens (tertiary/aromatic N) is 1. The van der Waals surface area contributed by atoms with Gasteiger partial charge in [-0.15, -0.1) is 0 Å². The lowest BCUT2D eigenvalue weighted by atomic mass is 10.1. The number of aromatic nitrogens is 2. The van der Waals surface area contributed by atoms with Crippen molar-refractivity contribution in [3.63, 3.8) is 0 Å². The van der Waals surface area contributed by atoms with Crippen molar-refractivity contribution >= 4 is 82.3 Å². The second-order valence-corrected chi connectivity index (χ2v) is 9.44. The van der Waals surface area contributed by atoms with Gasteiger partial charge in [0.25, 0.3) is 5.56 Å². The number of H-pyrrole nitrogens is 1. The minimum Gasteiger partial charge on any atom is -0.337 e. The Hall–Kier alpha value is -2.17. The maximum atomic E-state index is 12.5. The van der Waals surface area contributed by atoms with E-state index in [2.05, 4.69) is 31.2 Å². The van der Waals surface area contributed by atoms with E-state index in [1.165, 1.54) is 18.3 Å². The minimum atomic E-state index is -3.97. The third-order valence-electron chi connectivity index (χ3n) is 4.26. The van der Waals surface area contributed by atoms with E-state index in [1.807, 2.05) is 12.1 Å². The number of anilines is 2. The Morgan fingerprint density at radius 1 is 1.07 bits per heavy atom. The molecule has 2 aromatic heterocycles. The van der Waals surface area contributed by atoms with Gasteiger partial charge in [-0.1, -0.05) is 39.1 Å². The first kappa shape index (κ1) is 20.1. The van der Waals surface area contributed by atoms with Gasteiger partial charge in [-0.2, -0.15) is 0 Å². The lowest BCUT2D eigenvalue weighted by Gasteiger charge is -2.14. The van der Waals surface area contributed by atoms with Crippen molar-refractivity contribution in [3.05, 3.63) is 67.5 Å². The van der Waals surface area contributed by atoms with Gasteiger partial charge in [0.05, 0.1) is 31.5 Å². The van der Waals surface area contributed by atoms with Crippen LogP contribution in [0.2, 0.25) is 10.0 Å². The van der Waals surface area contributed by atoms with Crippen LogP contribution in [-0.2, 0) is 10.0 Å². The molecule has 0 aliphatic heterocycles. The average Bonchev–Trinajstić information content (AvgIpc) is 2.64. The molecule has 0 saturated heterocycles. The third kappa shape index (κ3) is 3.72. The monoisotopic (exact) mass is 512 g/mol. The molecule has 0 aliphatic carbocycles. The predicted octanol–water partition coefficient (Wildman–Crippen LogP) is 4.54. The molecule has 0 saturated carbocycles. The number of aromatic amines is 1. The second-order valence-electron chi connectivity index (χ2n) is 6.15. The van der Waals surface area contributed by atoms with Crippen LogP contribution in [0.25, 0.3) is 21.7 Å². The number of primary sulfonamides is 1. The Kier molecular flexibility index (Phi) is 5.04. The van der Waals surface area contributed by atoms with Gasteiger partial charge in [0, 0.05) is 21.4 Å². The first-order valence-electron chi connectivity index (χ1n) is 8.04. The van der Waals surface area contributed by atoms with E-state index in [-0.39, 0.29) is 26.2 Å². The Morgan fingerprint density at radius 3 is 2.41 bits per heavy atom. The molecule has 2 aromatic carbocycles. The highest BCUT2D eigenvalue weighted by atomic mass is 79.9. The number of hydrogen-bond acceptors (Lipinski definition) is 5. The number of nitrogens with one attached hydrogen (secondary N) is 2. The maximum absolute atomic E-state index is 12.5. The summed E-state index contributed by atoms with van der Waals surface area (Å²) in [6, 6.07) is 9.47. The van der Waals surface area contributed by atoms with Crippen LogP contribution in [0.4, 0.5) is 11.5 Å². The summed E-state index contributed by atoms with van der Waals surface area (Å²) in [7, 11) is -3.97. The van der Waals surface area contributed by atoms with Gasteiger partial charge in [-0.05, 0) is 36.4 Å². The number of halogens is 3. The fourth-order valence-electron chi connectivity index (χ4n) is 2.98. The number of hydrogen-bond donors (Lipinski definition) is 3. The van der Waals surface area contributed by atoms with Crippen molar-refractivity contribution in [1.82, 2.24) is 9.97 Å². The molecule has 2 heterocycles. The molecule has 148 valence electrons. The van der Waals surface area contributed by atoms with Crippen LogP contribution in [0.3, 0.4) is 0 Å². The smallest absolute Gasteiger partial charge is 0.256 e. The molecule has 0 bridgehead atoms. The zero-order valence-electron chi connectivity index (χ0n) is 14.3. The van der Waals surface area contributed by atoms with Gasteiger partial charge in [0.15, 0.2) is 0 Å². The number of fused-ring (bicyclic) bond motifs is 3. The van der Waals surface area contributed by atoms with Crippen LogP contribution >= 0.6 is 39.1 Å². The van der Waals surface area contributed by atoms with Crippen molar-refractivity contribution in [2.75, 3.05) is 5.32 Å². The van der Waals surface area contributed by atoms with Gasteiger partial charge in [0.1, 0.15) is 5.82 Å². The first-order valence-corrected chi connectivity index (χ1v) is 11.1. The second kappa shape index (κ2) is 7.26. The van der Waals surface area contributed by atoms with E-state index in [1.54, 1.807) is 12.1 Å². The van der Waals surface area contributed by atoms with Crippen molar-refractivity contribution in [2.45, 2.75) is 4.90 Å². The van der Waals surface area contributed by atoms with E-state index in [9.17, 15) is 13.2 Å². The van der Waals surface area contributed by atoms with Gasteiger partial charge in [-0.25, -0.2) is 18.5 Å². The summed E-state index contributed by atoms with van der Waals surface area (Å²) in [6.45, 7) is 0. The Labute approximate surface area is 183 Å². The number of benzene rings is 2. The molecular formula is C18H11BrCl2N4O3S. The number of sulfonamides is 1. The maximum Gasteiger partial charge on any atom is 0.256 e. The van der Waals surface area contributed by atoms with Crippen molar-refractivity contribution < 1.29 is 8.42 Å². The van der Waals surface area contributed by atoms with E-state index < -0.39 is 10.0 Å². The summed E-state index contributed by atoms with van der Waals surface area (Å²) < 4.78 is 24.0. The molecule has 11 heteroatoms. The van der Waals surface area contributed by atoms with Crippen LogP contribution in [0, 0.1) is 0 Å². The molecule has 4 rings (SSSR count). The van der Waals surface area contributed by atoms with Crippen molar-refractivity contribution in [1.29, 1.82) is 0 Å². The summed E-state index contributed by atoms with van der Waals surface area (Å²) in [5, 5.41) is 9.89. The normalized spacial score (nSPS) is 11.9. The Balaban J connectivity index is 1.97. The summed E-state index contributed by atoms with van der Waals surface area (Å²) in [5.41, 5.74) is 0.539. The predicted molar refractivity (Wildman–Crippen MR) is 119 cm³/mol. The molecule has 0 radical (unpaired) electrons. The molecule has 4 aromatic rings. The highest BCUT2D eigenvalue weighted by molar-refractivity contribution is 9.10. The highest BCUT2D eigenvalue weighted by Gasteiger charge is 2.18. The van der Waals surface area contributed by atoms with Crippen LogP contribution < -0.4 is 16.0 Å². The SMILES string of the molecule is NS(=O)(=O)c1cc(Cl)c(Nc2nc3ccc(Br)cc3c3c(=O)[nH]ccc23)c(Cl)c1. The van der Waals surface area contributed by atoms with Crippen LogP contribution in [0.1, 0.15) is 0 Å². The highest BCUT2D eigenvalue weighted by Crippen LogP contribution is 2.37. The zero-order valence-corrected chi connectivity index (χ0v) is 18.2. The summed E-state index contributed by atoms with van der Waals surface area (Å²) in [5.74, 6) is 0.341. The summed E-state index contributed by atoms with van der Waals surface area (Å²) in [4.78, 5) is 19.6. The molecular weight excluding hydrogens is 503 g/mol. The third-order valence-corrected chi connectivity index (χ3v) is 6.25. The largest absolute Gasteiger partial charge is 0.337 e. The van der Waals surface area contributed by atoms with E-state index >= 15 is 0 Å². The topological polar surface area (TPSA) is 118 Å². The molecule has 7 nitrogen and oxygen atoms in total. The summed E-state index contributed by atoms with van der Waals surface area (Å²) in [6.07, 6.45) is 1.51. The lowest BCUT2D eigenvalue weighted by molar-refractivity contribution is 0.598. The molecule has 0 unspecified atom stereocenters. The number of rotatable bonds is 3. The summed E-state index contributed by atoms with van der Waals surface area (Å²) >= 11 is 15.9. The number of nitrogens with two attached hydrogens (primary N) is 1. The van der Waals surface area contributed by atoms with Gasteiger partial charge in [0.2, 0.25) is 10.0 Å². The molecule has 29 heavy (non-hydrogen) atoms. The fourth-order valence-corrected chi connectivity index (χ4v) is 4.61. The molecule has 0 amide bonds. The van der Waals surface area contributed by atoms with Gasteiger partial charge in [-0.3, -0.25) is 4.79 Å². The minimum absolute atomic E-state index is 0.0391. The van der Waals surface area contributed by atoms with Crippen LogP contribution in [0.15, 0.2) is 56.8 Å². The van der Waals surface area contributed by atoms with Crippen molar-refractivity contribution in [3.8, 4) is 0 Å². The van der Waals surface area contributed by atoms with E-state index in [4.69, 9.17) is 28.3 Å². The molecule has 0 aliphatic rings. The van der Waals surface area contributed by atoms with Gasteiger partial charge < -0.3 is 10.3 Å². The zero-order chi connectivity index (χ0) is 20.9. The lowest BCUT2D eigenvalue weighted by Crippen LogP contribution is -2.12. The molecule has 0 spiro atoms. The number of pyridine rings is 2. The fraction of sp³-hybridized carbons (Fsp3) is 0. The Bertz CT molecular complexity index is 1450. The van der Waals surface area contributed by atoms with Crippen LogP contribution in [0.5, 0.6) is 0 Å². The molecule has 0 fully saturated rings.